The summed E-state index contributed by atoms with van der Waals surface area (Å²) in [6.45, 7) is 3.95. The van der Waals surface area contributed by atoms with Crippen LogP contribution in [0.15, 0.2) is 30.3 Å². The number of nitrogens with two attached hydrogens (primary N) is 1. The first-order valence-electron chi connectivity index (χ1n) is 6.30. The molecule has 100 valence electrons. The van der Waals surface area contributed by atoms with Crippen LogP contribution in [0.5, 0.6) is 11.6 Å². The molecule has 0 saturated carbocycles. The van der Waals surface area contributed by atoms with Crippen LogP contribution < -0.4 is 16.0 Å². The first-order chi connectivity index (χ1) is 9.21. The molecule has 5 heteroatoms. The van der Waals surface area contributed by atoms with E-state index in [9.17, 15) is 0 Å². The number of hydrogen-bond donors (Lipinski definition) is 2. The normalized spacial score (nSPS) is 10.3. The Morgan fingerprint density at radius 2 is 1.95 bits per heavy atom. The number of hydrogen-bond acceptors (Lipinski definition) is 5. The summed E-state index contributed by atoms with van der Waals surface area (Å²) in [7, 11) is 0. The molecule has 0 bridgehead atoms. The minimum absolute atomic E-state index is 0.476. The van der Waals surface area contributed by atoms with Crippen molar-refractivity contribution in [3.8, 4) is 11.6 Å². The molecule has 3 N–H and O–H groups in total. The van der Waals surface area contributed by atoms with Crippen molar-refractivity contribution in [1.82, 2.24) is 9.97 Å². The number of benzene rings is 1. The Labute approximate surface area is 112 Å². The van der Waals surface area contributed by atoms with Crippen LogP contribution in [0, 0.1) is 6.92 Å². The van der Waals surface area contributed by atoms with Crippen LogP contribution in [-0.4, -0.2) is 9.97 Å². The number of rotatable bonds is 5. The molecule has 0 amide bonds. The largest absolute Gasteiger partial charge is 0.439 e. The first kappa shape index (κ1) is 13.3. The predicted octanol–water partition coefficient (Wildman–Crippen LogP) is 2.82. The van der Waals surface area contributed by atoms with Gasteiger partial charge >= 0.3 is 0 Å². The lowest BCUT2D eigenvalue weighted by molar-refractivity contribution is 0.460. The number of nitrogens with one attached hydrogen (secondary N) is 1. The van der Waals surface area contributed by atoms with Gasteiger partial charge in [-0.05, 0) is 31.0 Å². The molecule has 1 aromatic heterocycles. The molecular formula is C14H18N4O. The third-order valence-electron chi connectivity index (χ3n) is 2.65. The SMILES string of the molecule is CCCc1ccc(Oc2cc(NN)nc(C)n2)cc1. The van der Waals surface area contributed by atoms with E-state index in [-0.39, 0.29) is 0 Å². The summed E-state index contributed by atoms with van der Waals surface area (Å²) in [4.78, 5) is 8.31. The minimum atomic E-state index is 0.476. The second-order valence-electron chi connectivity index (χ2n) is 4.28. The van der Waals surface area contributed by atoms with Crippen LogP contribution in [0.2, 0.25) is 0 Å². The molecule has 1 aromatic carbocycles. The Kier molecular flexibility index (Phi) is 4.30. The van der Waals surface area contributed by atoms with Gasteiger partial charge in [-0.3, -0.25) is 0 Å². The minimum Gasteiger partial charge on any atom is -0.439 e. The molecule has 5 nitrogen and oxygen atoms in total. The van der Waals surface area contributed by atoms with Gasteiger partial charge < -0.3 is 10.2 Å². The highest BCUT2D eigenvalue weighted by molar-refractivity contribution is 5.39. The van der Waals surface area contributed by atoms with Crippen LogP contribution in [-0.2, 0) is 6.42 Å². The highest BCUT2D eigenvalue weighted by Crippen LogP contribution is 2.22. The predicted molar refractivity (Wildman–Crippen MR) is 75.1 cm³/mol. The van der Waals surface area contributed by atoms with E-state index in [1.807, 2.05) is 12.1 Å². The fraction of sp³-hybridized carbons (Fsp3) is 0.286. The Balaban J connectivity index is 2.14. The maximum Gasteiger partial charge on any atom is 0.224 e. The van der Waals surface area contributed by atoms with E-state index in [0.717, 1.165) is 18.6 Å². The van der Waals surface area contributed by atoms with Crippen molar-refractivity contribution in [1.29, 1.82) is 0 Å². The van der Waals surface area contributed by atoms with Gasteiger partial charge in [0.05, 0.1) is 0 Å². The van der Waals surface area contributed by atoms with Crippen molar-refractivity contribution in [2.45, 2.75) is 26.7 Å². The third-order valence-corrected chi connectivity index (χ3v) is 2.65. The molecule has 2 rings (SSSR count). The number of hydrazine groups is 1. The summed E-state index contributed by atoms with van der Waals surface area (Å²) >= 11 is 0. The molecule has 19 heavy (non-hydrogen) atoms. The number of nitrogens with zero attached hydrogens (tertiary/aromatic N) is 2. The second kappa shape index (κ2) is 6.15. The molecule has 2 aromatic rings. The van der Waals surface area contributed by atoms with Crippen molar-refractivity contribution < 1.29 is 4.74 Å². The number of ether oxygens (including phenoxy) is 1. The Morgan fingerprint density at radius 1 is 1.21 bits per heavy atom. The average Bonchev–Trinajstić information content (AvgIpc) is 2.40. The van der Waals surface area contributed by atoms with Gasteiger partial charge in [-0.1, -0.05) is 25.5 Å². The van der Waals surface area contributed by atoms with E-state index in [2.05, 4.69) is 34.5 Å². The summed E-state index contributed by atoms with van der Waals surface area (Å²) in [6, 6.07) is 9.67. The van der Waals surface area contributed by atoms with Gasteiger partial charge in [-0.2, -0.15) is 4.98 Å². The topological polar surface area (TPSA) is 73.1 Å². The zero-order valence-electron chi connectivity index (χ0n) is 11.2. The van der Waals surface area contributed by atoms with E-state index in [4.69, 9.17) is 10.6 Å². The van der Waals surface area contributed by atoms with Gasteiger partial charge in [0.2, 0.25) is 5.88 Å². The standard InChI is InChI=1S/C14H18N4O/c1-3-4-11-5-7-12(8-6-11)19-14-9-13(18-15)16-10(2)17-14/h5-9H,3-4,15H2,1-2H3,(H,16,17,18). The molecule has 0 aliphatic carbocycles. The lowest BCUT2D eigenvalue weighted by Gasteiger charge is -2.08. The Morgan fingerprint density at radius 3 is 2.58 bits per heavy atom. The fourth-order valence-electron chi connectivity index (χ4n) is 1.80. The molecular weight excluding hydrogens is 240 g/mol. The van der Waals surface area contributed by atoms with Crippen LogP contribution in [0.3, 0.4) is 0 Å². The van der Waals surface area contributed by atoms with Crippen molar-refractivity contribution >= 4 is 5.82 Å². The summed E-state index contributed by atoms with van der Waals surface area (Å²) in [5.41, 5.74) is 3.79. The summed E-state index contributed by atoms with van der Waals surface area (Å²) in [5.74, 6) is 7.70. The van der Waals surface area contributed by atoms with Crippen LogP contribution in [0.1, 0.15) is 24.7 Å². The van der Waals surface area contributed by atoms with Gasteiger partial charge in [0.1, 0.15) is 17.4 Å². The molecule has 0 spiro atoms. The number of aryl methyl sites for hydroxylation is 2. The lowest BCUT2D eigenvalue weighted by Crippen LogP contribution is -2.09. The molecule has 0 aliphatic rings. The second-order valence-corrected chi connectivity index (χ2v) is 4.28. The van der Waals surface area contributed by atoms with Crippen LogP contribution in [0.25, 0.3) is 0 Å². The average molecular weight is 258 g/mol. The quantitative estimate of drug-likeness (QED) is 0.637. The van der Waals surface area contributed by atoms with Gasteiger partial charge in [0.15, 0.2) is 0 Å². The van der Waals surface area contributed by atoms with E-state index in [1.54, 1.807) is 13.0 Å². The highest BCUT2D eigenvalue weighted by Gasteiger charge is 2.03. The van der Waals surface area contributed by atoms with E-state index < -0.39 is 0 Å². The lowest BCUT2D eigenvalue weighted by atomic mass is 10.1. The van der Waals surface area contributed by atoms with Gasteiger partial charge in [-0.15, -0.1) is 0 Å². The summed E-state index contributed by atoms with van der Waals surface area (Å²) < 4.78 is 5.69. The molecule has 1 heterocycles. The summed E-state index contributed by atoms with van der Waals surface area (Å²) in [6.07, 6.45) is 2.21. The molecule has 0 unspecified atom stereocenters. The van der Waals surface area contributed by atoms with E-state index >= 15 is 0 Å². The van der Waals surface area contributed by atoms with Crippen molar-refractivity contribution in [2.24, 2.45) is 5.84 Å². The van der Waals surface area contributed by atoms with Gasteiger partial charge in [0, 0.05) is 6.07 Å². The summed E-state index contributed by atoms with van der Waals surface area (Å²) in [5, 5.41) is 0. The fourth-order valence-corrected chi connectivity index (χ4v) is 1.80. The third kappa shape index (κ3) is 3.66. The molecule has 0 atom stereocenters. The van der Waals surface area contributed by atoms with Gasteiger partial charge in [0.25, 0.3) is 0 Å². The maximum atomic E-state index is 5.69. The molecule has 0 saturated heterocycles. The number of anilines is 1. The molecule has 0 fully saturated rings. The van der Waals surface area contributed by atoms with Crippen LogP contribution in [0.4, 0.5) is 5.82 Å². The number of aromatic nitrogens is 2. The molecule has 0 aliphatic heterocycles. The smallest absolute Gasteiger partial charge is 0.224 e. The Bertz CT molecular complexity index is 540. The van der Waals surface area contributed by atoms with E-state index in [1.165, 1.54) is 5.56 Å². The highest BCUT2D eigenvalue weighted by atomic mass is 16.5. The monoisotopic (exact) mass is 258 g/mol. The van der Waals surface area contributed by atoms with E-state index in [0.29, 0.717) is 17.5 Å². The van der Waals surface area contributed by atoms with Crippen LogP contribution >= 0.6 is 0 Å². The number of nitrogen functional groups attached to an aromatic ring is 1. The zero-order valence-corrected chi connectivity index (χ0v) is 11.2. The van der Waals surface area contributed by atoms with Crippen molar-refractivity contribution in [2.75, 3.05) is 5.43 Å². The first-order valence-corrected chi connectivity index (χ1v) is 6.30. The Hall–Kier alpha value is -2.14. The van der Waals surface area contributed by atoms with Crippen molar-refractivity contribution in [3.05, 3.63) is 41.7 Å². The van der Waals surface area contributed by atoms with Gasteiger partial charge in [-0.25, -0.2) is 10.8 Å². The van der Waals surface area contributed by atoms with Crippen molar-refractivity contribution in [3.63, 3.8) is 0 Å². The maximum absolute atomic E-state index is 5.69. The zero-order chi connectivity index (χ0) is 13.7. The molecule has 0 radical (unpaired) electrons.